The highest BCUT2D eigenvalue weighted by Crippen LogP contribution is 2.36. The lowest BCUT2D eigenvalue weighted by Crippen LogP contribution is -2.58. The fourth-order valence-corrected chi connectivity index (χ4v) is 10.5. The minimum atomic E-state index is -1.11. The number of halogens is 1. The van der Waals surface area contributed by atoms with E-state index in [4.69, 9.17) is 9.62 Å². The Morgan fingerprint density at radius 2 is 1.53 bits per heavy atom. The number of hydrogen-bond acceptors (Lipinski definition) is 12. The van der Waals surface area contributed by atoms with E-state index in [1.165, 1.54) is 11.8 Å². The van der Waals surface area contributed by atoms with Crippen molar-refractivity contribution in [2.45, 2.75) is 97.3 Å². The minimum Gasteiger partial charge on any atom is -0.372 e. The van der Waals surface area contributed by atoms with Crippen molar-refractivity contribution in [2.75, 3.05) is 42.5 Å². The van der Waals surface area contributed by atoms with Crippen molar-refractivity contribution in [2.24, 2.45) is 5.92 Å². The summed E-state index contributed by atoms with van der Waals surface area (Å²) >= 11 is 0. The third-order valence-corrected chi connectivity index (χ3v) is 14.5. The summed E-state index contributed by atoms with van der Waals surface area (Å²) in [6.45, 7) is 16.5. The Balaban J connectivity index is 0.734. The molecule has 0 aliphatic carbocycles. The van der Waals surface area contributed by atoms with E-state index in [9.17, 15) is 24.0 Å². The van der Waals surface area contributed by atoms with E-state index in [1.54, 1.807) is 0 Å². The van der Waals surface area contributed by atoms with Crippen molar-refractivity contribution in [1.82, 2.24) is 40.8 Å². The third kappa shape index (κ3) is 8.82. The summed E-state index contributed by atoms with van der Waals surface area (Å²) in [6, 6.07) is 23.0. The molecular weight excluding hydrogens is 892 g/mol. The molecule has 3 saturated heterocycles. The first-order valence-electron chi connectivity index (χ1n) is 24.1. The second-order valence-electron chi connectivity index (χ2n) is 20.4. The molecule has 0 radical (unpaired) electrons. The highest BCUT2D eigenvalue weighted by Gasteiger charge is 2.46. The Bertz CT molecular complexity index is 3050. The molecule has 3 atom stereocenters. The van der Waals surface area contributed by atoms with Gasteiger partial charge in [0.25, 0.3) is 11.8 Å². The van der Waals surface area contributed by atoms with Crippen LogP contribution in [0.4, 0.5) is 15.8 Å². The van der Waals surface area contributed by atoms with E-state index in [2.05, 4.69) is 98.1 Å². The maximum atomic E-state index is 15.8. The number of aromatic amines is 1. The van der Waals surface area contributed by atoms with E-state index in [0.29, 0.717) is 31.4 Å². The molecule has 4 aliphatic rings. The number of aromatic nitrogens is 4. The van der Waals surface area contributed by atoms with Crippen molar-refractivity contribution in [1.29, 1.82) is 0 Å². The van der Waals surface area contributed by atoms with E-state index in [0.717, 1.165) is 87.9 Å². The highest BCUT2D eigenvalue weighted by molar-refractivity contribution is 6.23. The number of benzene rings is 4. The molecule has 70 heavy (non-hydrogen) atoms. The van der Waals surface area contributed by atoms with Crippen molar-refractivity contribution in [3.05, 3.63) is 113 Å². The van der Waals surface area contributed by atoms with Gasteiger partial charge in [0.15, 0.2) is 5.82 Å². The zero-order chi connectivity index (χ0) is 49.2. The van der Waals surface area contributed by atoms with Gasteiger partial charge in [0.1, 0.15) is 11.9 Å². The topological polar surface area (TPSA) is 190 Å². The number of rotatable bonds is 10. The monoisotopic (exact) mass is 948 g/mol. The maximum Gasteiger partial charge on any atom is 0.315 e. The molecule has 4 aliphatic heterocycles. The number of H-pyrrole nitrogens is 1. The Morgan fingerprint density at radius 3 is 2.20 bits per heavy atom. The Kier molecular flexibility index (Phi) is 12.1. The molecule has 2 aromatic heterocycles. The average molecular weight is 949 g/mol. The number of piperazine rings is 1. The van der Waals surface area contributed by atoms with Crippen LogP contribution in [0.25, 0.3) is 33.3 Å². The number of nitrogens with one attached hydrogen (secondary N) is 3. The number of piperidine rings is 2. The summed E-state index contributed by atoms with van der Waals surface area (Å²) in [5, 5.41) is 18.0. The molecular formula is C53H57FN10O6. The van der Waals surface area contributed by atoms with Gasteiger partial charge in [-0.05, 0) is 111 Å². The molecule has 0 spiro atoms. The van der Waals surface area contributed by atoms with Gasteiger partial charge in [-0.3, -0.25) is 44.2 Å². The van der Waals surface area contributed by atoms with Gasteiger partial charge in [-0.1, -0.05) is 56.3 Å². The van der Waals surface area contributed by atoms with Crippen molar-refractivity contribution < 1.29 is 32.9 Å². The number of imide groups is 2. The van der Waals surface area contributed by atoms with Gasteiger partial charge in [0, 0.05) is 79.8 Å². The summed E-state index contributed by atoms with van der Waals surface area (Å²) in [5.74, 6) is -2.57. The Morgan fingerprint density at radius 1 is 0.843 bits per heavy atom. The van der Waals surface area contributed by atoms with Crippen LogP contribution in [0.15, 0.2) is 77.3 Å². The molecule has 0 bridgehead atoms. The van der Waals surface area contributed by atoms with Gasteiger partial charge in [0.05, 0.1) is 28.0 Å². The van der Waals surface area contributed by atoms with E-state index < -0.39 is 41.4 Å². The molecule has 10 rings (SSSR count). The van der Waals surface area contributed by atoms with Gasteiger partial charge >= 0.3 is 11.8 Å². The fourth-order valence-electron chi connectivity index (χ4n) is 10.5. The second-order valence-corrected chi connectivity index (χ2v) is 20.4. The molecule has 3 unspecified atom stereocenters. The van der Waals surface area contributed by atoms with E-state index in [1.807, 2.05) is 44.7 Å². The van der Waals surface area contributed by atoms with Crippen LogP contribution in [-0.4, -0.2) is 111 Å². The number of anilines is 2. The first kappa shape index (κ1) is 46.5. The molecule has 6 heterocycles. The number of hydrogen-bond donors (Lipinski definition) is 3. The average Bonchev–Trinajstić information content (AvgIpc) is 4.07. The molecule has 6 aromatic rings. The largest absolute Gasteiger partial charge is 0.372 e. The van der Waals surface area contributed by atoms with Crippen LogP contribution in [0.5, 0.6) is 0 Å². The summed E-state index contributed by atoms with van der Waals surface area (Å²) < 4.78 is 21.0. The van der Waals surface area contributed by atoms with Gasteiger partial charge < -0.3 is 19.6 Å². The van der Waals surface area contributed by atoms with Crippen molar-refractivity contribution in [3.63, 3.8) is 0 Å². The number of amides is 5. The van der Waals surface area contributed by atoms with Crippen LogP contribution in [0.3, 0.4) is 0 Å². The fraction of sp³-hybridized carbons (Fsp3) is 0.396. The van der Waals surface area contributed by atoms with Crippen molar-refractivity contribution >= 4 is 51.8 Å². The first-order chi connectivity index (χ1) is 33.5. The van der Waals surface area contributed by atoms with Crippen molar-refractivity contribution in [3.8, 4) is 22.4 Å². The van der Waals surface area contributed by atoms with Crippen LogP contribution >= 0.6 is 0 Å². The molecule has 17 heteroatoms. The predicted octanol–water partition coefficient (Wildman–Crippen LogP) is 7.17. The number of fused-ring (bicyclic) bond motifs is 2. The Labute approximate surface area is 405 Å². The molecule has 3 fully saturated rings. The molecule has 16 nitrogen and oxygen atoms in total. The SMILES string of the molecule is Cc1cc(-c2n[nH]c3ccc(-c4ccc(N5CCC(CN6C(C)CN(c7cc8c(cc7F)C(=O)N(C7CCC(=O)NC7=O)C8=O)CC6C)CC5)cc4)cc23)ccc1CNC(=O)c1nc(C(C)(C)C)no1. The lowest BCUT2D eigenvalue weighted by atomic mass is 9.93. The number of nitrogens with zero attached hydrogens (tertiary/aromatic N) is 7. The first-order valence-corrected chi connectivity index (χ1v) is 24.1. The van der Waals surface area contributed by atoms with Gasteiger partial charge in [-0.15, -0.1) is 0 Å². The standard InChI is InChI=1S/C53H57FN10O6/c1-29-21-35(7-8-36(29)25-55-48(67)49-57-52(60-70-49)53(4,5)6)46-40-22-34(11-14-42(40)58-59-46)33-9-12-37(13-10-33)61-19-17-32(18-20-61)28-63-30(2)26-62(27-31(63)3)44-24-39-38(23-41(44)54)50(68)64(51(39)69)43-15-16-45(65)56-47(43)66/h7-14,21-24,30-32,43H,15-20,25-28H2,1-6H3,(H,55,67)(H,58,59)(H,56,65,66). The summed E-state index contributed by atoms with van der Waals surface area (Å²) in [4.78, 5) is 75.9. The van der Waals surface area contributed by atoms with Gasteiger partial charge in [-0.25, -0.2) is 4.39 Å². The van der Waals surface area contributed by atoms with Gasteiger partial charge in [0.2, 0.25) is 11.8 Å². The van der Waals surface area contributed by atoms with Crippen LogP contribution < -0.4 is 20.4 Å². The number of carbonyl (C=O) groups excluding carboxylic acids is 5. The van der Waals surface area contributed by atoms with E-state index in [-0.39, 0.29) is 53.0 Å². The third-order valence-electron chi connectivity index (χ3n) is 14.5. The predicted molar refractivity (Wildman–Crippen MR) is 262 cm³/mol. The zero-order valence-electron chi connectivity index (χ0n) is 40.3. The second kappa shape index (κ2) is 18.2. The minimum absolute atomic E-state index is 0.0155. The van der Waals surface area contributed by atoms with E-state index >= 15 is 4.39 Å². The number of aryl methyl sites for hydroxylation is 1. The summed E-state index contributed by atoms with van der Waals surface area (Å²) in [7, 11) is 0. The highest BCUT2D eigenvalue weighted by atomic mass is 19.1. The zero-order valence-corrected chi connectivity index (χ0v) is 40.3. The summed E-state index contributed by atoms with van der Waals surface area (Å²) in [5.41, 5.74) is 8.11. The maximum absolute atomic E-state index is 15.8. The molecule has 4 aromatic carbocycles. The van der Waals surface area contributed by atoms with Crippen LogP contribution in [-0.2, 0) is 21.5 Å². The quantitative estimate of drug-likeness (QED) is 0.118. The van der Waals surface area contributed by atoms with Crippen LogP contribution in [0.1, 0.15) is 109 Å². The van der Waals surface area contributed by atoms with Crippen LogP contribution in [0, 0.1) is 18.7 Å². The molecule has 362 valence electrons. The molecule has 5 amide bonds. The smallest absolute Gasteiger partial charge is 0.315 e. The lowest BCUT2D eigenvalue weighted by molar-refractivity contribution is -0.136. The van der Waals surface area contributed by atoms with Gasteiger partial charge in [-0.2, -0.15) is 10.1 Å². The molecule has 0 saturated carbocycles. The summed E-state index contributed by atoms with van der Waals surface area (Å²) in [6.07, 6.45) is 2.16. The lowest BCUT2D eigenvalue weighted by Gasteiger charge is -2.47. The normalized spacial score (nSPS) is 20.4. The number of carbonyl (C=O) groups is 5. The Hall–Kier alpha value is -7.27. The van der Waals surface area contributed by atoms with Crippen LogP contribution in [0.2, 0.25) is 0 Å². The molecule has 3 N–H and O–H groups in total.